The maximum Gasteiger partial charge on any atom is 0.336 e. The first-order chi connectivity index (χ1) is 11.9. The molecule has 1 aliphatic rings. The van der Waals surface area contributed by atoms with Crippen LogP contribution in [0.5, 0.6) is 5.75 Å². The van der Waals surface area contributed by atoms with Crippen LogP contribution >= 0.6 is 0 Å². The van der Waals surface area contributed by atoms with E-state index in [2.05, 4.69) is 11.8 Å². The fourth-order valence-electron chi connectivity index (χ4n) is 3.57. The lowest BCUT2D eigenvalue weighted by Gasteiger charge is -2.37. The van der Waals surface area contributed by atoms with E-state index >= 15 is 0 Å². The minimum absolute atomic E-state index is 0.135. The molecular formula is C19H24N2O4. The van der Waals surface area contributed by atoms with Gasteiger partial charge in [-0.05, 0) is 43.4 Å². The second-order valence-corrected chi connectivity index (χ2v) is 6.88. The predicted octanol–water partition coefficient (Wildman–Crippen LogP) is 2.15. The van der Waals surface area contributed by atoms with Gasteiger partial charge in [-0.15, -0.1) is 0 Å². The molecule has 0 unspecified atom stereocenters. The summed E-state index contributed by atoms with van der Waals surface area (Å²) in [6, 6.07) is 5.19. The first kappa shape index (κ1) is 17.5. The Morgan fingerprint density at radius 3 is 2.76 bits per heavy atom. The van der Waals surface area contributed by atoms with Crippen LogP contribution in [0.4, 0.5) is 0 Å². The third-order valence-corrected chi connectivity index (χ3v) is 5.20. The van der Waals surface area contributed by atoms with E-state index in [-0.39, 0.29) is 17.6 Å². The summed E-state index contributed by atoms with van der Waals surface area (Å²) in [5.74, 6) is -0.291. The van der Waals surface area contributed by atoms with Crippen molar-refractivity contribution in [2.24, 2.45) is 11.7 Å². The van der Waals surface area contributed by atoms with Crippen LogP contribution < -0.4 is 11.4 Å². The highest BCUT2D eigenvalue weighted by Crippen LogP contribution is 2.29. The Labute approximate surface area is 146 Å². The molecule has 6 nitrogen and oxygen atoms in total. The van der Waals surface area contributed by atoms with Crippen LogP contribution in [0, 0.1) is 5.92 Å². The molecule has 2 heterocycles. The third-order valence-electron chi connectivity index (χ3n) is 5.20. The van der Waals surface area contributed by atoms with E-state index in [1.54, 1.807) is 0 Å². The average molecular weight is 344 g/mol. The van der Waals surface area contributed by atoms with Gasteiger partial charge < -0.3 is 15.3 Å². The Balaban J connectivity index is 1.99. The SMILES string of the molecule is CCc1cc2c(CN3C[C@H](C(N)=O)CC[C@H]3C)cc(=O)oc2cc1O. The number of fused-ring (bicyclic) bond motifs is 1. The Morgan fingerprint density at radius 2 is 2.08 bits per heavy atom. The Bertz CT molecular complexity index is 858. The number of phenolic OH excluding ortho intramolecular Hbond substituents is 1. The van der Waals surface area contributed by atoms with Crippen molar-refractivity contribution in [2.45, 2.75) is 45.7 Å². The number of aryl methyl sites for hydroxylation is 1. The second-order valence-electron chi connectivity index (χ2n) is 6.88. The molecule has 1 aliphatic heterocycles. The van der Waals surface area contributed by atoms with E-state index in [1.165, 1.54) is 12.1 Å². The van der Waals surface area contributed by atoms with Crippen molar-refractivity contribution in [3.05, 3.63) is 39.7 Å². The lowest BCUT2D eigenvalue weighted by atomic mass is 9.92. The van der Waals surface area contributed by atoms with Crippen LogP contribution in [0.3, 0.4) is 0 Å². The number of carbonyl (C=O) groups is 1. The summed E-state index contributed by atoms with van der Waals surface area (Å²) in [5, 5.41) is 10.8. The second kappa shape index (κ2) is 6.88. The summed E-state index contributed by atoms with van der Waals surface area (Å²) in [6.45, 7) is 5.22. The highest BCUT2D eigenvalue weighted by molar-refractivity contribution is 5.83. The number of nitrogens with zero attached hydrogens (tertiary/aromatic N) is 1. The smallest absolute Gasteiger partial charge is 0.336 e. The van der Waals surface area contributed by atoms with Gasteiger partial charge in [0.05, 0.1) is 5.92 Å². The molecule has 0 aliphatic carbocycles. The maximum atomic E-state index is 11.9. The summed E-state index contributed by atoms with van der Waals surface area (Å²) in [7, 11) is 0. The van der Waals surface area contributed by atoms with E-state index in [0.29, 0.717) is 31.1 Å². The molecule has 1 aromatic heterocycles. The first-order valence-corrected chi connectivity index (χ1v) is 8.71. The standard InChI is InChI=1S/C19H24N2O4/c1-3-12-6-15-14(7-18(23)25-17(15)8-16(12)22)10-21-9-13(19(20)24)5-4-11(21)2/h6-8,11,13,22H,3-5,9-10H2,1-2H3,(H2,20,24)/t11-,13-/m1/s1. The summed E-state index contributed by atoms with van der Waals surface area (Å²) in [6.07, 6.45) is 2.39. The summed E-state index contributed by atoms with van der Waals surface area (Å²) >= 11 is 0. The molecule has 1 saturated heterocycles. The van der Waals surface area contributed by atoms with Gasteiger partial charge in [-0.25, -0.2) is 4.79 Å². The van der Waals surface area contributed by atoms with Gasteiger partial charge in [0.15, 0.2) is 0 Å². The number of amides is 1. The molecule has 0 spiro atoms. The molecule has 3 rings (SSSR count). The maximum absolute atomic E-state index is 11.9. The van der Waals surface area contributed by atoms with E-state index in [4.69, 9.17) is 10.2 Å². The fraction of sp³-hybridized carbons (Fsp3) is 0.474. The highest BCUT2D eigenvalue weighted by atomic mass is 16.4. The molecule has 0 bridgehead atoms. The summed E-state index contributed by atoms with van der Waals surface area (Å²) in [4.78, 5) is 25.7. The summed E-state index contributed by atoms with van der Waals surface area (Å²) in [5.41, 5.74) is 7.07. The lowest BCUT2D eigenvalue weighted by molar-refractivity contribution is -0.124. The molecule has 3 N–H and O–H groups in total. The molecule has 2 aromatic rings. The van der Waals surface area contributed by atoms with Crippen LogP contribution in [0.1, 0.15) is 37.8 Å². The van der Waals surface area contributed by atoms with Crippen LogP contribution in [0.15, 0.2) is 27.4 Å². The van der Waals surface area contributed by atoms with E-state index in [0.717, 1.165) is 29.4 Å². The number of likely N-dealkylation sites (tertiary alicyclic amines) is 1. The fourth-order valence-corrected chi connectivity index (χ4v) is 3.57. The number of hydrogen-bond acceptors (Lipinski definition) is 5. The predicted molar refractivity (Wildman–Crippen MR) is 95.3 cm³/mol. The van der Waals surface area contributed by atoms with Gasteiger partial charge in [-0.1, -0.05) is 6.92 Å². The third kappa shape index (κ3) is 3.54. The van der Waals surface area contributed by atoms with Crippen LogP contribution in [-0.2, 0) is 17.8 Å². The van der Waals surface area contributed by atoms with Crippen molar-refractivity contribution in [1.82, 2.24) is 4.90 Å². The number of aromatic hydroxyl groups is 1. The van der Waals surface area contributed by atoms with Gasteiger partial charge in [-0.2, -0.15) is 0 Å². The molecular weight excluding hydrogens is 320 g/mol. The van der Waals surface area contributed by atoms with Crippen LogP contribution in [0.2, 0.25) is 0 Å². The Kier molecular flexibility index (Phi) is 4.81. The molecule has 6 heteroatoms. The molecule has 1 fully saturated rings. The van der Waals surface area contributed by atoms with Gasteiger partial charge in [0.1, 0.15) is 11.3 Å². The van der Waals surface area contributed by atoms with Crippen molar-refractivity contribution in [1.29, 1.82) is 0 Å². The minimum Gasteiger partial charge on any atom is -0.508 e. The summed E-state index contributed by atoms with van der Waals surface area (Å²) < 4.78 is 5.25. The molecule has 2 atom stereocenters. The van der Waals surface area contributed by atoms with Crippen molar-refractivity contribution >= 4 is 16.9 Å². The lowest BCUT2D eigenvalue weighted by Crippen LogP contribution is -2.45. The normalized spacial score (nSPS) is 21.5. The number of piperidine rings is 1. The topological polar surface area (TPSA) is 96.8 Å². The highest BCUT2D eigenvalue weighted by Gasteiger charge is 2.29. The zero-order valence-electron chi connectivity index (χ0n) is 14.6. The van der Waals surface area contributed by atoms with Gasteiger partial charge in [0.2, 0.25) is 5.91 Å². The van der Waals surface area contributed by atoms with Crippen LogP contribution in [0.25, 0.3) is 11.0 Å². The molecule has 25 heavy (non-hydrogen) atoms. The number of benzene rings is 1. The number of nitrogens with two attached hydrogens (primary N) is 1. The monoisotopic (exact) mass is 344 g/mol. The van der Waals surface area contributed by atoms with E-state index < -0.39 is 5.63 Å². The first-order valence-electron chi connectivity index (χ1n) is 8.71. The van der Waals surface area contributed by atoms with Gasteiger partial charge in [-0.3, -0.25) is 9.69 Å². The molecule has 1 amide bonds. The molecule has 1 aromatic carbocycles. The van der Waals surface area contributed by atoms with Crippen molar-refractivity contribution in [3.8, 4) is 5.75 Å². The number of rotatable bonds is 4. The number of hydrogen-bond donors (Lipinski definition) is 2. The largest absolute Gasteiger partial charge is 0.508 e. The zero-order chi connectivity index (χ0) is 18.1. The Morgan fingerprint density at radius 1 is 1.32 bits per heavy atom. The van der Waals surface area contributed by atoms with Crippen molar-refractivity contribution in [2.75, 3.05) is 6.54 Å². The van der Waals surface area contributed by atoms with E-state index in [9.17, 15) is 14.7 Å². The Hall–Kier alpha value is -2.34. The zero-order valence-corrected chi connectivity index (χ0v) is 14.6. The molecule has 134 valence electrons. The molecule has 0 saturated carbocycles. The molecule has 0 radical (unpaired) electrons. The quantitative estimate of drug-likeness (QED) is 0.828. The number of carbonyl (C=O) groups excluding carboxylic acids is 1. The average Bonchev–Trinajstić information content (AvgIpc) is 2.55. The van der Waals surface area contributed by atoms with Crippen molar-refractivity contribution < 1.29 is 14.3 Å². The minimum atomic E-state index is -0.442. The van der Waals surface area contributed by atoms with Crippen molar-refractivity contribution in [3.63, 3.8) is 0 Å². The van der Waals surface area contributed by atoms with Crippen LogP contribution in [-0.4, -0.2) is 28.5 Å². The number of phenols is 1. The van der Waals surface area contributed by atoms with Gasteiger partial charge in [0.25, 0.3) is 0 Å². The van der Waals surface area contributed by atoms with E-state index in [1.807, 2.05) is 13.0 Å². The van der Waals surface area contributed by atoms with Gasteiger partial charge in [0, 0.05) is 36.7 Å². The number of primary amides is 1. The van der Waals surface area contributed by atoms with Gasteiger partial charge >= 0.3 is 5.63 Å².